The quantitative estimate of drug-likeness (QED) is 0.752. The molecule has 7 nitrogen and oxygen atoms in total. The molecule has 0 aliphatic heterocycles. The van der Waals surface area contributed by atoms with Crippen molar-refractivity contribution in [2.75, 3.05) is 24.8 Å². The predicted octanol–water partition coefficient (Wildman–Crippen LogP) is 1.71. The minimum absolute atomic E-state index is 0.189. The molecule has 1 aromatic carbocycles. The molecule has 2 aromatic heterocycles. The molecule has 0 amide bonds. The Morgan fingerprint density at radius 1 is 1.30 bits per heavy atom. The smallest absolute Gasteiger partial charge is 0.224 e. The molecular formula is C13H14N6O. The van der Waals surface area contributed by atoms with E-state index < -0.39 is 0 Å². The maximum Gasteiger partial charge on any atom is 0.224 e. The SMILES string of the molecule is COc1cccc(N(C)c2nc(N)nc3nc[nH]c23)c1. The summed E-state index contributed by atoms with van der Waals surface area (Å²) in [7, 11) is 3.53. The molecule has 20 heavy (non-hydrogen) atoms. The minimum Gasteiger partial charge on any atom is -0.497 e. The van der Waals surface area contributed by atoms with Crippen molar-refractivity contribution in [3.05, 3.63) is 30.6 Å². The van der Waals surface area contributed by atoms with E-state index in [-0.39, 0.29) is 5.95 Å². The number of nitrogens with zero attached hydrogens (tertiary/aromatic N) is 4. The molecule has 0 unspecified atom stereocenters. The van der Waals surface area contributed by atoms with E-state index in [0.717, 1.165) is 17.0 Å². The van der Waals surface area contributed by atoms with Gasteiger partial charge in [-0.05, 0) is 12.1 Å². The van der Waals surface area contributed by atoms with Gasteiger partial charge in [0, 0.05) is 18.8 Å². The summed E-state index contributed by atoms with van der Waals surface area (Å²) in [6.07, 6.45) is 1.57. The number of nitrogens with one attached hydrogen (secondary N) is 1. The summed E-state index contributed by atoms with van der Waals surface area (Å²) in [5, 5.41) is 0. The number of hydrogen-bond acceptors (Lipinski definition) is 6. The van der Waals surface area contributed by atoms with Crippen LogP contribution in [-0.4, -0.2) is 34.1 Å². The lowest BCUT2D eigenvalue weighted by molar-refractivity contribution is 0.415. The molecule has 0 aliphatic rings. The molecule has 0 radical (unpaired) electrons. The highest BCUT2D eigenvalue weighted by Crippen LogP contribution is 2.29. The topological polar surface area (TPSA) is 92.9 Å². The monoisotopic (exact) mass is 270 g/mol. The Labute approximate surface area is 115 Å². The highest BCUT2D eigenvalue weighted by Gasteiger charge is 2.14. The number of ether oxygens (including phenoxy) is 1. The van der Waals surface area contributed by atoms with Crippen molar-refractivity contribution < 1.29 is 4.74 Å². The first kappa shape index (κ1) is 12.2. The molecule has 3 rings (SSSR count). The van der Waals surface area contributed by atoms with Crippen molar-refractivity contribution in [2.45, 2.75) is 0 Å². The van der Waals surface area contributed by atoms with Crippen molar-refractivity contribution in [3.63, 3.8) is 0 Å². The van der Waals surface area contributed by atoms with Crippen LogP contribution in [-0.2, 0) is 0 Å². The molecule has 0 spiro atoms. The standard InChI is InChI=1S/C13H14N6O/c1-19(8-4-3-5-9(6-8)20-2)12-10-11(16-7-15-10)17-13(14)18-12/h3-7H,1-2H3,(H3,14,15,16,17,18). The van der Waals surface area contributed by atoms with Gasteiger partial charge in [-0.1, -0.05) is 6.07 Å². The van der Waals surface area contributed by atoms with Crippen LogP contribution in [0.1, 0.15) is 0 Å². The first-order valence-electron chi connectivity index (χ1n) is 6.03. The van der Waals surface area contributed by atoms with E-state index in [1.165, 1.54) is 0 Å². The van der Waals surface area contributed by atoms with E-state index in [1.807, 2.05) is 36.2 Å². The van der Waals surface area contributed by atoms with Crippen LogP contribution < -0.4 is 15.4 Å². The molecular weight excluding hydrogens is 256 g/mol. The predicted molar refractivity (Wildman–Crippen MR) is 77.2 cm³/mol. The van der Waals surface area contributed by atoms with Crippen molar-refractivity contribution in [2.24, 2.45) is 0 Å². The summed E-state index contributed by atoms with van der Waals surface area (Å²) < 4.78 is 5.23. The van der Waals surface area contributed by atoms with Gasteiger partial charge in [-0.2, -0.15) is 9.97 Å². The Hall–Kier alpha value is -2.83. The lowest BCUT2D eigenvalue weighted by Crippen LogP contribution is -2.13. The number of nitrogen functional groups attached to an aromatic ring is 1. The molecule has 7 heteroatoms. The molecule has 0 saturated carbocycles. The number of nitrogens with two attached hydrogens (primary N) is 1. The second-order valence-corrected chi connectivity index (χ2v) is 4.27. The zero-order valence-corrected chi connectivity index (χ0v) is 11.2. The average Bonchev–Trinajstić information content (AvgIpc) is 2.93. The fourth-order valence-corrected chi connectivity index (χ4v) is 2.02. The summed E-state index contributed by atoms with van der Waals surface area (Å²) in [6, 6.07) is 7.68. The molecule has 3 N–H and O–H groups in total. The first-order valence-corrected chi connectivity index (χ1v) is 6.03. The van der Waals surface area contributed by atoms with Crippen LogP contribution in [0.5, 0.6) is 5.75 Å². The third-order valence-electron chi connectivity index (χ3n) is 3.04. The fourth-order valence-electron chi connectivity index (χ4n) is 2.02. The van der Waals surface area contributed by atoms with Gasteiger partial charge in [0.2, 0.25) is 5.95 Å². The number of rotatable bonds is 3. The lowest BCUT2D eigenvalue weighted by atomic mass is 10.2. The number of aromatic nitrogens is 4. The molecule has 102 valence electrons. The van der Waals surface area contributed by atoms with Crippen LogP contribution >= 0.6 is 0 Å². The van der Waals surface area contributed by atoms with E-state index in [0.29, 0.717) is 11.5 Å². The number of hydrogen-bond donors (Lipinski definition) is 2. The van der Waals surface area contributed by atoms with Gasteiger partial charge in [0.1, 0.15) is 11.3 Å². The number of imidazole rings is 1. The van der Waals surface area contributed by atoms with Crippen molar-refractivity contribution in [1.82, 2.24) is 19.9 Å². The zero-order valence-electron chi connectivity index (χ0n) is 11.2. The molecule has 0 fully saturated rings. The number of methoxy groups -OCH3 is 1. The third kappa shape index (κ3) is 1.99. The molecule has 0 atom stereocenters. The third-order valence-corrected chi connectivity index (χ3v) is 3.04. The van der Waals surface area contributed by atoms with E-state index >= 15 is 0 Å². The van der Waals surface area contributed by atoms with Gasteiger partial charge in [-0.3, -0.25) is 0 Å². The Morgan fingerprint density at radius 3 is 2.95 bits per heavy atom. The largest absolute Gasteiger partial charge is 0.497 e. The van der Waals surface area contributed by atoms with Crippen LogP contribution in [0.15, 0.2) is 30.6 Å². The van der Waals surface area contributed by atoms with Crippen molar-refractivity contribution in [1.29, 1.82) is 0 Å². The summed E-state index contributed by atoms with van der Waals surface area (Å²) in [6.45, 7) is 0. The van der Waals surface area contributed by atoms with Crippen LogP contribution in [0, 0.1) is 0 Å². The maximum atomic E-state index is 5.73. The molecule has 3 aromatic rings. The van der Waals surface area contributed by atoms with Crippen LogP contribution in [0.2, 0.25) is 0 Å². The number of anilines is 3. The van der Waals surface area contributed by atoms with Gasteiger partial charge in [-0.25, -0.2) is 4.98 Å². The van der Waals surface area contributed by atoms with Crippen LogP contribution in [0.4, 0.5) is 17.5 Å². The fraction of sp³-hybridized carbons (Fsp3) is 0.154. The second kappa shape index (κ2) is 4.69. The number of H-pyrrole nitrogens is 1. The summed E-state index contributed by atoms with van der Waals surface area (Å²) in [5.74, 6) is 1.63. The van der Waals surface area contributed by atoms with E-state index in [1.54, 1.807) is 13.4 Å². The summed E-state index contributed by atoms with van der Waals surface area (Å²) >= 11 is 0. The van der Waals surface area contributed by atoms with Gasteiger partial charge in [0.15, 0.2) is 11.5 Å². The summed E-state index contributed by atoms with van der Waals surface area (Å²) in [4.78, 5) is 17.4. The summed E-state index contributed by atoms with van der Waals surface area (Å²) in [5.41, 5.74) is 7.94. The van der Waals surface area contributed by atoms with Crippen LogP contribution in [0.25, 0.3) is 11.2 Å². The van der Waals surface area contributed by atoms with E-state index in [4.69, 9.17) is 10.5 Å². The zero-order chi connectivity index (χ0) is 14.1. The Morgan fingerprint density at radius 2 is 2.15 bits per heavy atom. The second-order valence-electron chi connectivity index (χ2n) is 4.27. The van der Waals surface area contributed by atoms with Gasteiger partial charge in [0.25, 0.3) is 0 Å². The Kier molecular flexibility index (Phi) is 2.86. The number of aromatic amines is 1. The molecule has 0 bridgehead atoms. The van der Waals surface area contributed by atoms with Gasteiger partial charge in [0.05, 0.1) is 13.4 Å². The van der Waals surface area contributed by atoms with Gasteiger partial charge < -0.3 is 20.4 Å². The number of benzene rings is 1. The maximum absolute atomic E-state index is 5.73. The Balaban J connectivity index is 2.11. The molecule has 0 saturated heterocycles. The van der Waals surface area contributed by atoms with Gasteiger partial charge in [-0.15, -0.1) is 0 Å². The van der Waals surface area contributed by atoms with E-state index in [9.17, 15) is 0 Å². The highest BCUT2D eigenvalue weighted by molar-refractivity contribution is 5.86. The minimum atomic E-state index is 0.189. The van der Waals surface area contributed by atoms with Gasteiger partial charge >= 0.3 is 0 Å². The van der Waals surface area contributed by atoms with Crippen LogP contribution in [0.3, 0.4) is 0 Å². The molecule has 2 heterocycles. The normalized spacial score (nSPS) is 10.7. The molecule has 0 aliphatic carbocycles. The average molecular weight is 270 g/mol. The highest BCUT2D eigenvalue weighted by atomic mass is 16.5. The number of fused-ring (bicyclic) bond motifs is 1. The Bertz CT molecular complexity index is 753. The first-order chi connectivity index (χ1) is 9.69. The van der Waals surface area contributed by atoms with Crippen molar-refractivity contribution >= 4 is 28.6 Å². The van der Waals surface area contributed by atoms with E-state index in [2.05, 4.69) is 19.9 Å². The van der Waals surface area contributed by atoms with Crippen molar-refractivity contribution in [3.8, 4) is 5.75 Å². The lowest BCUT2D eigenvalue weighted by Gasteiger charge is -2.19.